The van der Waals surface area contributed by atoms with Crippen LogP contribution in [0, 0.1) is 11.6 Å². The number of hydrogen-bond donors (Lipinski definition) is 3. The van der Waals surface area contributed by atoms with Crippen LogP contribution in [0.2, 0.25) is 5.02 Å². The number of aromatic nitrogens is 1. The molecule has 0 radical (unpaired) electrons. The molecule has 3 amide bonds. The highest BCUT2D eigenvalue weighted by Crippen LogP contribution is 2.49. The molecule has 0 spiro atoms. The van der Waals surface area contributed by atoms with Gasteiger partial charge in [0.1, 0.15) is 22.1 Å². The molecule has 2 fully saturated rings. The van der Waals surface area contributed by atoms with Gasteiger partial charge in [0, 0.05) is 29.8 Å². The van der Waals surface area contributed by atoms with E-state index in [9.17, 15) is 27.2 Å². The summed E-state index contributed by atoms with van der Waals surface area (Å²) >= 11 is 6.02. The average Bonchev–Trinajstić information content (AvgIpc) is 3.81. The summed E-state index contributed by atoms with van der Waals surface area (Å²) in [6.45, 7) is 0. The van der Waals surface area contributed by atoms with E-state index in [4.69, 9.17) is 21.1 Å². The molecule has 0 unspecified atom stereocenters. The van der Waals surface area contributed by atoms with Gasteiger partial charge in [-0.3, -0.25) is 9.78 Å². The van der Waals surface area contributed by atoms with E-state index in [1.807, 2.05) is 5.32 Å². The van der Waals surface area contributed by atoms with Gasteiger partial charge in [-0.15, -0.1) is 0 Å². The standard InChI is InChI=1S/C25H20ClF5N4O4/c1-38-18-10-15-12(8-13(18)22(36)35-24(5-6-24)25(29,30)31)17(4-7-32-15)39-21-14(27)9-16(19(26)20(21)28)34-23(37)33-11-2-3-11/h4,7-11H,2-3,5-6H2,1H3,(H,35,36)(H2,33,34,37). The first-order valence-corrected chi connectivity index (χ1v) is 12.1. The molecule has 206 valence electrons. The van der Waals surface area contributed by atoms with Gasteiger partial charge in [-0.05, 0) is 37.8 Å². The molecule has 1 heterocycles. The van der Waals surface area contributed by atoms with Crippen LogP contribution < -0.4 is 25.4 Å². The second-order valence-electron chi connectivity index (χ2n) is 9.25. The highest BCUT2D eigenvalue weighted by molar-refractivity contribution is 6.34. The van der Waals surface area contributed by atoms with Crippen molar-refractivity contribution in [2.75, 3.05) is 12.4 Å². The number of carbonyl (C=O) groups excluding carboxylic acids is 2. The van der Waals surface area contributed by atoms with Crippen LogP contribution in [0.25, 0.3) is 10.9 Å². The number of urea groups is 1. The lowest BCUT2D eigenvalue weighted by atomic mass is 10.1. The fraction of sp³-hybridized carbons (Fsp3) is 0.320. The average molecular weight is 571 g/mol. The molecule has 14 heteroatoms. The van der Waals surface area contributed by atoms with E-state index in [0.29, 0.717) is 0 Å². The predicted molar refractivity (Wildman–Crippen MR) is 130 cm³/mol. The van der Waals surface area contributed by atoms with Crippen LogP contribution in [0.1, 0.15) is 36.0 Å². The summed E-state index contributed by atoms with van der Waals surface area (Å²) in [5.41, 5.74) is -2.75. The fourth-order valence-corrected chi connectivity index (χ4v) is 4.10. The van der Waals surface area contributed by atoms with Crippen LogP contribution in [-0.4, -0.2) is 41.8 Å². The number of alkyl halides is 3. The lowest BCUT2D eigenvalue weighted by Gasteiger charge is -2.21. The number of hydrogen-bond acceptors (Lipinski definition) is 5. The molecule has 2 aromatic carbocycles. The third-order valence-corrected chi connectivity index (χ3v) is 6.77. The number of anilines is 1. The van der Waals surface area contributed by atoms with Crippen molar-refractivity contribution >= 4 is 40.1 Å². The Morgan fingerprint density at radius 3 is 2.46 bits per heavy atom. The molecule has 39 heavy (non-hydrogen) atoms. The van der Waals surface area contributed by atoms with Gasteiger partial charge in [0.15, 0.2) is 17.4 Å². The van der Waals surface area contributed by atoms with E-state index < -0.39 is 46.1 Å². The van der Waals surface area contributed by atoms with Gasteiger partial charge >= 0.3 is 12.2 Å². The first-order valence-electron chi connectivity index (χ1n) is 11.7. The number of nitrogens with one attached hydrogen (secondary N) is 3. The van der Waals surface area contributed by atoms with E-state index in [2.05, 4.69) is 15.6 Å². The third kappa shape index (κ3) is 5.22. The Labute approximate surface area is 222 Å². The number of halogens is 6. The van der Waals surface area contributed by atoms with Crippen molar-refractivity contribution in [3.8, 4) is 17.2 Å². The summed E-state index contributed by atoms with van der Waals surface area (Å²) in [6, 6.07) is 3.80. The largest absolute Gasteiger partial charge is 0.496 e. The Morgan fingerprint density at radius 1 is 1.13 bits per heavy atom. The molecule has 0 saturated heterocycles. The molecule has 2 saturated carbocycles. The molecule has 2 aliphatic rings. The van der Waals surface area contributed by atoms with Crippen LogP contribution in [0.3, 0.4) is 0 Å². The molecule has 1 aromatic heterocycles. The maximum absolute atomic E-state index is 15.1. The molecule has 0 bridgehead atoms. The van der Waals surface area contributed by atoms with Gasteiger partial charge in [0.25, 0.3) is 5.91 Å². The minimum Gasteiger partial charge on any atom is -0.496 e. The van der Waals surface area contributed by atoms with Crippen molar-refractivity contribution in [3.05, 3.63) is 52.7 Å². The smallest absolute Gasteiger partial charge is 0.411 e. The zero-order valence-corrected chi connectivity index (χ0v) is 20.9. The Hall–Kier alpha value is -3.87. The summed E-state index contributed by atoms with van der Waals surface area (Å²) in [4.78, 5) is 29.0. The molecule has 3 N–H and O–H groups in total. The van der Waals surface area contributed by atoms with Gasteiger partial charge < -0.3 is 25.4 Å². The number of methoxy groups -OCH3 is 1. The zero-order valence-electron chi connectivity index (χ0n) is 20.1. The molecule has 0 atom stereocenters. The summed E-state index contributed by atoms with van der Waals surface area (Å²) < 4.78 is 80.9. The SMILES string of the molecule is COc1cc2nccc(Oc3c(F)cc(NC(=O)NC4CC4)c(Cl)c3F)c2cc1C(=O)NC1(C(F)(F)F)CC1. The van der Waals surface area contributed by atoms with E-state index in [-0.39, 0.29) is 52.5 Å². The number of nitrogens with zero attached hydrogens (tertiary/aromatic N) is 1. The summed E-state index contributed by atoms with van der Waals surface area (Å²) in [7, 11) is 1.22. The normalized spacial score (nSPS) is 16.0. The maximum atomic E-state index is 15.1. The molecule has 3 aromatic rings. The van der Waals surface area contributed by atoms with Gasteiger partial charge in [0.2, 0.25) is 0 Å². The van der Waals surface area contributed by atoms with E-state index in [0.717, 1.165) is 25.0 Å². The highest BCUT2D eigenvalue weighted by Gasteiger charge is 2.64. The zero-order chi connectivity index (χ0) is 28.1. The summed E-state index contributed by atoms with van der Waals surface area (Å²) in [5.74, 6) is -4.71. The Morgan fingerprint density at radius 2 is 1.85 bits per heavy atom. The van der Waals surface area contributed by atoms with Crippen molar-refractivity contribution in [1.82, 2.24) is 15.6 Å². The van der Waals surface area contributed by atoms with Crippen molar-refractivity contribution in [1.29, 1.82) is 0 Å². The second-order valence-corrected chi connectivity index (χ2v) is 9.63. The highest BCUT2D eigenvalue weighted by atomic mass is 35.5. The third-order valence-electron chi connectivity index (χ3n) is 6.40. The molecule has 2 aliphatic carbocycles. The Balaban J connectivity index is 1.47. The Kier molecular flexibility index (Phi) is 6.65. The van der Waals surface area contributed by atoms with Gasteiger partial charge in [-0.1, -0.05) is 11.6 Å². The molecule has 0 aliphatic heterocycles. The summed E-state index contributed by atoms with van der Waals surface area (Å²) in [5, 5.41) is 6.34. The van der Waals surface area contributed by atoms with Crippen LogP contribution >= 0.6 is 11.6 Å². The van der Waals surface area contributed by atoms with Crippen LogP contribution in [0.5, 0.6) is 17.2 Å². The second kappa shape index (κ2) is 9.70. The van der Waals surface area contributed by atoms with Crippen LogP contribution in [-0.2, 0) is 0 Å². The van der Waals surface area contributed by atoms with Crippen LogP contribution in [0.15, 0.2) is 30.5 Å². The number of benzene rings is 2. The van der Waals surface area contributed by atoms with Gasteiger partial charge in [-0.25, -0.2) is 13.6 Å². The van der Waals surface area contributed by atoms with E-state index >= 15 is 4.39 Å². The van der Waals surface area contributed by atoms with Crippen molar-refractivity contribution in [2.45, 2.75) is 43.4 Å². The topological polar surface area (TPSA) is 102 Å². The number of fused-ring (bicyclic) bond motifs is 1. The van der Waals surface area contributed by atoms with Gasteiger partial charge in [0.05, 0.1) is 23.9 Å². The van der Waals surface area contributed by atoms with Crippen molar-refractivity contribution in [2.24, 2.45) is 0 Å². The molecular weight excluding hydrogens is 551 g/mol. The van der Waals surface area contributed by atoms with E-state index in [1.54, 1.807) is 0 Å². The molecule has 5 rings (SSSR count). The van der Waals surface area contributed by atoms with Crippen molar-refractivity contribution < 1.29 is 41.0 Å². The Bertz CT molecular complexity index is 1490. The minimum absolute atomic E-state index is 0.00471. The van der Waals surface area contributed by atoms with Gasteiger partial charge in [-0.2, -0.15) is 13.2 Å². The first kappa shape index (κ1) is 26.7. The number of ether oxygens (including phenoxy) is 2. The number of pyridine rings is 1. The lowest BCUT2D eigenvalue weighted by molar-refractivity contribution is -0.163. The monoisotopic (exact) mass is 570 g/mol. The maximum Gasteiger partial charge on any atom is 0.411 e. The van der Waals surface area contributed by atoms with Crippen LogP contribution in [0.4, 0.5) is 32.4 Å². The van der Waals surface area contributed by atoms with E-state index in [1.165, 1.54) is 25.4 Å². The molecular formula is C25H20ClF5N4O4. The first-order chi connectivity index (χ1) is 18.4. The lowest BCUT2D eigenvalue weighted by Crippen LogP contribution is -2.47. The minimum atomic E-state index is -4.64. The van der Waals surface area contributed by atoms with Crippen molar-refractivity contribution in [3.63, 3.8) is 0 Å². The predicted octanol–water partition coefficient (Wildman–Crippen LogP) is 6.08. The fourth-order valence-electron chi connectivity index (χ4n) is 3.92. The summed E-state index contributed by atoms with van der Waals surface area (Å²) in [6.07, 6.45) is -2.31. The quantitative estimate of drug-likeness (QED) is 0.236. The molecule has 8 nitrogen and oxygen atoms in total. The number of carbonyl (C=O) groups is 2. The number of amides is 3. The number of rotatable bonds is 7.